The van der Waals surface area contributed by atoms with Gasteiger partial charge >= 0.3 is 0 Å². The number of halogens is 1. The van der Waals surface area contributed by atoms with Gasteiger partial charge < -0.3 is 11.5 Å². The monoisotopic (exact) mass is 198 g/mol. The molecule has 0 bridgehead atoms. The first-order valence-electron chi connectivity index (χ1n) is 4.43. The minimum Gasteiger partial charge on any atom is -0.329 e. The molecule has 4 N–H and O–H groups in total. The van der Waals surface area contributed by atoms with Crippen molar-refractivity contribution in [2.75, 3.05) is 6.54 Å². The van der Waals surface area contributed by atoms with Crippen LogP contribution in [-0.4, -0.2) is 6.54 Å². The van der Waals surface area contributed by atoms with Crippen LogP contribution in [0.5, 0.6) is 0 Å². The van der Waals surface area contributed by atoms with E-state index in [0.29, 0.717) is 6.54 Å². The van der Waals surface area contributed by atoms with Crippen LogP contribution in [-0.2, 0) is 6.42 Å². The van der Waals surface area contributed by atoms with E-state index in [-0.39, 0.29) is 6.04 Å². The van der Waals surface area contributed by atoms with E-state index in [1.807, 2.05) is 18.2 Å². The van der Waals surface area contributed by atoms with Crippen molar-refractivity contribution in [2.45, 2.75) is 19.4 Å². The first-order valence-corrected chi connectivity index (χ1v) is 4.80. The lowest BCUT2D eigenvalue weighted by Crippen LogP contribution is -2.22. The predicted octanol–water partition coefficient (Wildman–Crippen LogP) is 1.86. The van der Waals surface area contributed by atoms with E-state index < -0.39 is 0 Å². The molecule has 0 aliphatic rings. The van der Waals surface area contributed by atoms with Gasteiger partial charge in [-0.15, -0.1) is 0 Å². The predicted molar refractivity (Wildman–Crippen MR) is 56.8 cm³/mol. The van der Waals surface area contributed by atoms with E-state index in [2.05, 4.69) is 6.92 Å². The van der Waals surface area contributed by atoms with E-state index in [1.54, 1.807) is 0 Å². The molecule has 1 atom stereocenters. The maximum Gasteiger partial charge on any atom is 0.0422 e. The molecule has 0 heterocycles. The number of hydrogen-bond donors (Lipinski definition) is 2. The van der Waals surface area contributed by atoms with Crippen LogP contribution in [0.3, 0.4) is 0 Å². The van der Waals surface area contributed by atoms with Crippen molar-refractivity contribution in [3.8, 4) is 0 Å². The molecule has 1 aromatic carbocycles. The van der Waals surface area contributed by atoms with Gasteiger partial charge in [-0.2, -0.15) is 0 Å². The van der Waals surface area contributed by atoms with Gasteiger partial charge in [-0.1, -0.05) is 24.6 Å². The number of rotatable bonds is 3. The molecule has 0 radical (unpaired) electrons. The molecule has 0 saturated carbocycles. The van der Waals surface area contributed by atoms with Crippen molar-refractivity contribution in [1.29, 1.82) is 0 Å². The fourth-order valence-corrected chi connectivity index (χ4v) is 1.54. The molecule has 0 saturated heterocycles. The van der Waals surface area contributed by atoms with Gasteiger partial charge in [0.05, 0.1) is 0 Å². The normalized spacial score (nSPS) is 12.9. The fraction of sp³-hybridized carbons (Fsp3) is 0.400. The van der Waals surface area contributed by atoms with Crippen LogP contribution in [0.25, 0.3) is 0 Å². The van der Waals surface area contributed by atoms with E-state index in [9.17, 15) is 0 Å². The Morgan fingerprint density at radius 2 is 2.15 bits per heavy atom. The smallest absolute Gasteiger partial charge is 0.0422 e. The fourth-order valence-electron chi connectivity index (χ4n) is 1.36. The first-order chi connectivity index (χ1) is 6.19. The van der Waals surface area contributed by atoms with Gasteiger partial charge in [0.2, 0.25) is 0 Å². The third-order valence-electron chi connectivity index (χ3n) is 2.14. The summed E-state index contributed by atoms with van der Waals surface area (Å²) in [4.78, 5) is 0. The number of nitrogens with two attached hydrogens (primary N) is 2. The van der Waals surface area contributed by atoms with Crippen molar-refractivity contribution in [3.05, 3.63) is 34.3 Å². The molecular formula is C10H15ClN2. The lowest BCUT2D eigenvalue weighted by atomic mass is 9.99. The summed E-state index contributed by atoms with van der Waals surface area (Å²) < 4.78 is 0. The summed E-state index contributed by atoms with van der Waals surface area (Å²) in [5.41, 5.74) is 13.7. The second kappa shape index (κ2) is 4.61. The Labute approximate surface area is 83.9 Å². The Kier molecular flexibility index (Phi) is 3.72. The van der Waals surface area contributed by atoms with E-state index >= 15 is 0 Å². The number of aryl methyl sites for hydroxylation is 1. The molecule has 2 nitrogen and oxygen atoms in total. The Bertz CT molecular complexity index is 286. The molecule has 3 heteroatoms. The summed E-state index contributed by atoms with van der Waals surface area (Å²) in [5, 5.41) is 0.719. The van der Waals surface area contributed by atoms with Gasteiger partial charge in [-0.3, -0.25) is 0 Å². The lowest BCUT2D eigenvalue weighted by molar-refractivity contribution is 0.727. The highest BCUT2D eigenvalue weighted by molar-refractivity contribution is 6.30. The number of hydrogen-bond acceptors (Lipinski definition) is 2. The highest BCUT2D eigenvalue weighted by atomic mass is 35.5. The van der Waals surface area contributed by atoms with Gasteiger partial charge in [0.1, 0.15) is 0 Å². The number of benzene rings is 1. The van der Waals surface area contributed by atoms with Crippen molar-refractivity contribution < 1.29 is 0 Å². The Hall–Kier alpha value is -0.570. The standard InChI is InChI=1S/C10H15ClN2/c1-2-7-3-4-8(11)5-9(7)10(13)6-12/h3-5,10H,2,6,12-13H2,1H3/t10-/m0/s1. The Morgan fingerprint density at radius 1 is 1.46 bits per heavy atom. The zero-order valence-electron chi connectivity index (χ0n) is 7.76. The second-order valence-electron chi connectivity index (χ2n) is 3.04. The largest absolute Gasteiger partial charge is 0.329 e. The molecule has 1 rings (SSSR count). The van der Waals surface area contributed by atoms with Gasteiger partial charge in [0, 0.05) is 17.6 Å². The van der Waals surface area contributed by atoms with E-state index in [0.717, 1.165) is 17.0 Å². The molecule has 1 aromatic rings. The van der Waals surface area contributed by atoms with Gasteiger partial charge in [0.25, 0.3) is 0 Å². The highest BCUT2D eigenvalue weighted by Gasteiger charge is 2.08. The Morgan fingerprint density at radius 3 is 2.69 bits per heavy atom. The molecule has 0 aromatic heterocycles. The SMILES string of the molecule is CCc1ccc(Cl)cc1[C@@H](N)CN. The molecule has 0 amide bonds. The summed E-state index contributed by atoms with van der Waals surface area (Å²) >= 11 is 5.88. The summed E-state index contributed by atoms with van der Waals surface area (Å²) in [7, 11) is 0. The molecule has 0 unspecified atom stereocenters. The Balaban J connectivity index is 3.07. The summed E-state index contributed by atoms with van der Waals surface area (Å²) in [6, 6.07) is 5.69. The molecule has 13 heavy (non-hydrogen) atoms. The molecule has 0 spiro atoms. The maximum atomic E-state index is 5.88. The van der Waals surface area contributed by atoms with Gasteiger partial charge in [-0.25, -0.2) is 0 Å². The zero-order chi connectivity index (χ0) is 9.84. The first kappa shape index (κ1) is 10.5. The van der Waals surface area contributed by atoms with Crippen LogP contribution < -0.4 is 11.5 Å². The molecular weight excluding hydrogens is 184 g/mol. The third kappa shape index (κ3) is 2.44. The van der Waals surface area contributed by atoms with E-state index in [4.69, 9.17) is 23.1 Å². The zero-order valence-corrected chi connectivity index (χ0v) is 8.51. The van der Waals surface area contributed by atoms with Crippen LogP contribution in [0.1, 0.15) is 24.1 Å². The van der Waals surface area contributed by atoms with Crippen molar-refractivity contribution >= 4 is 11.6 Å². The van der Waals surface area contributed by atoms with Gasteiger partial charge in [-0.05, 0) is 29.7 Å². The molecule has 0 aliphatic heterocycles. The summed E-state index contributed by atoms with van der Waals surface area (Å²) in [6.45, 7) is 2.54. The summed E-state index contributed by atoms with van der Waals surface area (Å²) in [6.07, 6.45) is 0.959. The van der Waals surface area contributed by atoms with E-state index in [1.165, 1.54) is 5.56 Å². The van der Waals surface area contributed by atoms with Crippen LogP contribution in [0.4, 0.5) is 0 Å². The molecule has 0 fully saturated rings. The lowest BCUT2D eigenvalue weighted by Gasteiger charge is -2.14. The highest BCUT2D eigenvalue weighted by Crippen LogP contribution is 2.20. The quantitative estimate of drug-likeness (QED) is 0.779. The van der Waals surface area contributed by atoms with Crippen molar-refractivity contribution in [1.82, 2.24) is 0 Å². The van der Waals surface area contributed by atoms with Crippen molar-refractivity contribution in [2.24, 2.45) is 11.5 Å². The maximum absolute atomic E-state index is 5.88. The minimum absolute atomic E-state index is 0.103. The summed E-state index contributed by atoms with van der Waals surface area (Å²) in [5.74, 6) is 0. The molecule has 0 aliphatic carbocycles. The molecule has 72 valence electrons. The van der Waals surface area contributed by atoms with Crippen LogP contribution in [0.15, 0.2) is 18.2 Å². The topological polar surface area (TPSA) is 52.0 Å². The third-order valence-corrected chi connectivity index (χ3v) is 2.38. The average molecular weight is 199 g/mol. The van der Waals surface area contributed by atoms with Gasteiger partial charge in [0.15, 0.2) is 0 Å². The van der Waals surface area contributed by atoms with Crippen LogP contribution in [0, 0.1) is 0 Å². The second-order valence-corrected chi connectivity index (χ2v) is 3.48. The van der Waals surface area contributed by atoms with Crippen LogP contribution >= 0.6 is 11.6 Å². The average Bonchev–Trinajstić information content (AvgIpc) is 2.16. The minimum atomic E-state index is -0.103. The van der Waals surface area contributed by atoms with Crippen LogP contribution in [0.2, 0.25) is 5.02 Å². The van der Waals surface area contributed by atoms with Crippen molar-refractivity contribution in [3.63, 3.8) is 0 Å².